The third-order valence-electron chi connectivity index (χ3n) is 10.7. The van der Waals surface area contributed by atoms with E-state index in [1.165, 1.54) is 27.8 Å². The zero-order valence-electron chi connectivity index (χ0n) is 33.1. The Morgan fingerprint density at radius 3 is 1.55 bits per heavy atom. The lowest BCUT2D eigenvalue weighted by Crippen LogP contribution is -2.80. The molecule has 53 heavy (non-hydrogen) atoms. The van der Waals surface area contributed by atoms with Gasteiger partial charge >= 0.3 is 12.1 Å². The largest absolute Gasteiger partial charge is 0.479 e. The maximum atomic E-state index is 16.1. The van der Waals surface area contributed by atoms with E-state index >= 15 is 9.59 Å². The number of carbonyl (C=O) groups is 7. The van der Waals surface area contributed by atoms with Gasteiger partial charge < -0.3 is 39.9 Å². The lowest BCUT2D eigenvalue weighted by atomic mass is 9.59. The normalized spacial score (nSPS) is 18.2. The quantitative estimate of drug-likeness (QED) is 0.141. The van der Waals surface area contributed by atoms with E-state index in [4.69, 9.17) is 4.74 Å². The van der Waals surface area contributed by atoms with Gasteiger partial charge in [0.15, 0.2) is 22.6 Å². The highest BCUT2D eigenvalue weighted by Gasteiger charge is 2.70. The van der Waals surface area contributed by atoms with Crippen LogP contribution in [0.3, 0.4) is 0 Å². The molecule has 15 heteroatoms. The summed E-state index contributed by atoms with van der Waals surface area (Å²) in [6.45, 7) is 11.8. The zero-order valence-corrected chi connectivity index (χ0v) is 33.1. The van der Waals surface area contributed by atoms with Crippen LogP contribution in [0, 0.1) is 17.8 Å². The van der Waals surface area contributed by atoms with Crippen molar-refractivity contribution in [1.82, 2.24) is 14.7 Å². The van der Waals surface area contributed by atoms with E-state index in [0.717, 1.165) is 32.8 Å². The molecule has 4 N–H and O–H groups in total. The van der Waals surface area contributed by atoms with Crippen LogP contribution < -0.4 is 0 Å². The van der Waals surface area contributed by atoms with Crippen LogP contribution in [0.15, 0.2) is 30.3 Å². The molecule has 0 heterocycles. The van der Waals surface area contributed by atoms with Crippen LogP contribution in [-0.2, 0) is 40.1 Å². The molecule has 0 aliphatic heterocycles. The van der Waals surface area contributed by atoms with Gasteiger partial charge in [0.25, 0.3) is 11.8 Å². The van der Waals surface area contributed by atoms with Crippen LogP contribution in [0.1, 0.15) is 87.1 Å². The number of ether oxygens (including phenoxy) is 1. The lowest BCUT2D eigenvalue weighted by Gasteiger charge is -2.54. The minimum atomic E-state index is -3.35. The Kier molecular flexibility index (Phi) is 16.5. The second-order valence-corrected chi connectivity index (χ2v) is 14.2. The van der Waals surface area contributed by atoms with Gasteiger partial charge in [0, 0.05) is 21.1 Å². The van der Waals surface area contributed by atoms with Gasteiger partial charge in [0.1, 0.15) is 18.8 Å². The molecule has 3 amide bonds. The van der Waals surface area contributed by atoms with Gasteiger partial charge in [-0.25, -0.2) is 9.59 Å². The van der Waals surface area contributed by atoms with Crippen LogP contribution in [0.2, 0.25) is 0 Å². The molecule has 0 aliphatic carbocycles. The Bertz CT molecular complexity index is 1500. The standard InChI is InChI=1S/C38H59N3O12/c1-13-22(4)28(39(10)35(51)53-21-27-19-17-16-18-20-27)29(44)37(23(5)14-2,40(11)30(45)25(7)42)33(48)38(24(6)15-3,41(12)31(46)26(8)43)32(47)36(9,52)34(49)50/h16-20,22-26,28,42-43,52H,13-15,21H2,1-12H3,(H,49,50)/t22-,23-,24-,25+,26+,28-,36-,37+,38-/m0/s1. The summed E-state index contributed by atoms with van der Waals surface area (Å²) >= 11 is 0. The van der Waals surface area contributed by atoms with Gasteiger partial charge in [-0.2, -0.15) is 0 Å². The number of carboxylic acids is 1. The van der Waals surface area contributed by atoms with Gasteiger partial charge in [0.05, 0.1) is 6.04 Å². The molecule has 0 radical (unpaired) electrons. The first-order valence-electron chi connectivity index (χ1n) is 17.9. The molecule has 1 rings (SSSR count). The molecule has 15 nitrogen and oxygen atoms in total. The highest BCUT2D eigenvalue weighted by molar-refractivity contribution is 6.30. The molecule has 298 valence electrons. The van der Waals surface area contributed by atoms with Gasteiger partial charge in [-0.1, -0.05) is 91.1 Å². The minimum absolute atomic E-state index is 0.0432. The number of hydrogen-bond donors (Lipinski definition) is 4. The van der Waals surface area contributed by atoms with Crippen molar-refractivity contribution in [3.05, 3.63) is 35.9 Å². The number of rotatable bonds is 20. The fourth-order valence-corrected chi connectivity index (χ4v) is 6.87. The highest BCUT2D eigenvalue weighted by Crippen LogP contribution is 2.44. The monoisotopic (exact) mass is 749 g/mol. The minimum Gasteiger partial charge on any atom is -0.479 e. The fraction of sp³-hybridized carbons (Fsp3) is 0.658. The molecule has 9 atom stereocenters. The molecule has 1 aromatic carbocycles. The summed E-state index contributed by atoms with van der Waals surface area (Å²) in [5.41, 5.74) is -8.58. The number of aliphatic carboxylic acids is 1. The Morgan fingerprint density at radius 1 is 0.717 bits per heavy atom. The lowest BCUT2D eigenvalue weighted by molar-refractivity contribution is -0.183. The molecular formula is C38H59N3O12. The summed E-state index contributed by atoms with van der Waals surface area (Å²) in [5, 5.41) is 42.4. The number of amides is 3. The fourth-order valence-electron chi connectivity index (χ4n) is 6.87. The van der Waals surface area contributed by atoms with Crippen LogP contribution in [0.5, 0.6) is 0 Å². The number of likely N-dealkylation sites (N-methyl/N-ethyl adjacent to an activating group) is 3. The average Bonchev–Trinajstić information content (AvgIpc) is 3.12. The Morgan fingerprint density at radius 2 is 1.15 bits per heavy atom. The molecule has 0 bridgehead atoms. The number of carbonyl (C=O) groups excluding carboxylic acids is 6. The predicted octanol–water partition coefficient (Wildman–Crippen LogP) is 2.46. The topological polar surface area (TPSA) is 219 Å². The van der Waals surface area contributed by atoms with Gasteiger partial charge in [-0.3, -0.25) is 24.0 Å². The van der Waals surface area contributed by atoms with Crippen LogP contribution in [0.25, 0.3) is 0 Å². The van der Waals surface area contributed by atoms with E-state index in [2.05, 4.69) is 0 Å². The van der Waals surface area contributed by atoms with Crippen LogP contribution in [-0.4, -0.2) is 132 Å². The Hall–Kier alpha value is -4.21. The first kappa shape index (κ1) is 46.8. The van der Waals surface area contributed by atoms with Crippen molar-refractivity contribution in [2.45, 2.75) is 123 Å². The Balaban J connectivity index is 4.57. The summed E-state index contributed by atoms with van der Waals surface area (Å²) in [5.74, 6) is -12.0. The summed E-state index contributed by atoms with van der Waals surface area (Å²) in [6.07, 6.45) is -4.56. The molecular weight excluding hydrogens is 690 g/mol. The van der Waals surface area contributed by atoms with Crippen LogP contribution in [0.4, 0.5) is 4.79 Å². The van der Waals surface area contributed by atoms with Crippen molar-refractivity contribution < 1.29 is 58.7 Å². The van der Waals surface area contributed by atoms with E-state index in [9.17, 15) is 44.4 Å². The summed E-state index contributed by atoms with van der Waals surface area (Å²) < 4.78 is 5.55. The van der Waals surface area contributed by atoms with Gasteiger partial charge in [0.2, 0.25) is 11.4 Å². The molecule has 0 aromatic heterocycles. The second-order valence-electron chi connectivity index (χ2n) is 14.2. The molecule has 0 fully saturated rings. The SMILES string of the molecule is CC[C@H](C)[C@@H](C(=O)[C@@](C(=O)[C@@](C(=O)[C@](C)(O)C(=O)O)([C@@H](C)CC)N(C)C(=O)[C@@H](C)O)([C@@H](C)CC)N(C)C(=O)[C@@H](C)O)N(C)C(=O)OCc1ccccc1. The average molecular weight is 750 g/mol. The highest BCUT2D eigenvalue weighted by atomic mass is 16.6. The Labute approximate surface area is 312 Å². The molecule has 0 spiro atoms. The number of carboxylic acid groups (broad SMARTS) is 1. The van der Waals surface area contributed by atoms with Crippen molar-refractivity contribution in [2.75, 3.05) is 21.1 Å². The van der Waals surface area contributed by atoms with Crippen molar-refractivity contribution in [1.29, 1.82) is 0 Å². The number of aliphatic hydroxyl groups excluding tert-OH is 2. The first-order valence-corrected chi connectivity index (χ1v) is 17.9. The first-order chi connectivity index (χ1) is 24.4. The second kappa shape index (κ2) is 18.7. The summed E-state index contributed by atoms with van der Waals surface area (Å²) in [6, 6.07) is 7.15. The number of hydrogen-bond acceptors (Lipinski definition) is 11. The van der Waals surface area contributed by atoms with E-state index in [0.29, 0.717) is 22.3 Å². The number of Topliss-reactive ketones (excluding diaryl/α,β-unsaturated/α-hetero) is 3. The zero-order chi connectivity index (χ0) is 41.4. The van der Waals surface area contributed by atoms with E-state index in [-0.39, 0.29) is 25.9 Å². The van der Waals surface area contributed by atoms with Gasteiger partial charge in [-0.05, 0) is 44.1 Å². The van der Waals surface area contributed by atoms with Crippen molar-refractivity contribution in [3.63, 3.8) is 0 Å². The summed E-state index contributed by atoms with van der Waals surface area (Å²) in [4.78, 5) is 103. The molecule has 0 aliphatic rings. The molecule has 0 unspecified atom stereocenters. The van der Waals surface area contributed by atoms with E-state index < -0.39 is 93.9 Å². The maximum Gasteiger partial charge on any atom is 0.410 e. The number of aliphatic hydroxyl groups is 3. The molecule has 0 saturated heterocycles. The smallest absolute Gasteiger partial charge is 0.410 e. The maximum absolute atomic E-state index is 16.1. The number of benzene rings is 1. The van der Waals surface area contributed by atoms with E-state index in [1.807, 2.05) is 0 Å². The number of nitrogens with zero attached hydrogens (tertiary/aromatic N) is 3. The van der Waals surface area contributed by atoms with Crippen LogP contribution >= 0.6 is 0 Å². The molecule has 0 saturated carbocycles. The van der Waals surface area contributed by atoms with Gasteiger partial charge in [-0.15, -0.1) is 0 Å². The number of ketones is 3. The third-order valence-corrected chi connectivity index (χ3v) is 10.7. The predicted molar refractivity (Wildman–Crippen MR) is 194 cm³/mol. The summed E-state index contributed by atoms with van der Waals surface area (Å²) in [7, 11) is 3.31. The van der Waals surface area contributed by atoms with Crippen molar-refractivity contribution in [2.24, 2.45) is 17.8 Å². The van der Waals surface area contributed by atoms with Crippen molar-refractivity contribution in [3.8, 4) is 0 Å². The third kappa shape index (κ3) is 8.79. The van der Waals surface area contributed by atoms with Crippen molar-refractivity contribution >= 4 is 41.2 Å². The van der Waals surface area contributed by atoms with E-state index in [1.54, 1.807) is 51.1 Å². The molecule has 1 aromatic rings.